The van der Waals surface area contributed by atoms with E-state index in [-0.39, 0.29) is 0 Å². The van der Waals surface area contributed by atoms with E-state index in [9.17, 15) is 0 Å². The predicted molar refractivity (Wildman–Crippen MR) is 87.0 cm³/mol. The molecule has 0 saturated carbocycles. The summed E-state index contributed by atoms with van der Waals surface area (Å²) in [5.41, 5.74) is 0.494. The molecular formula is C18H17N3O. The topological polar surface area (TPSA) is 41.6 Å². The average Bonchev–Trinajstić information content (AvgIpc) is 3.25. The number of aliphatic imine (C=N–C) groups is 1. The van der Waals surface area contributed by atoms with E-state index in [1.54, 1.807) is 0 Å². The van der Waals surface area contributed by atoms with Gasteiger partial charge in [-0.25, -0.2) is 0 Å². The summed E-state index contributed by atoms with van der Waals surface area (Å²) in [7, 11) is 0. The third kappa shape index (κ3) is 1.84. The molecule has 0 spiro atoms. The first-order valence-electron chi connectivity index (χ1n) is 7.45. The van der Waals surface area contributed by atoms with Gasteiger partial charge >= 0.3 is 0 Å². The first-order chi connectivity index (χ1) is 10.8. The Morgan fingerprint density at radius 2 is 2.00 bits per heavy atom. The van der Waals surface area contributed by atoms with E-state index >= 15 is 0 Å². The lowest BCUT2D eigenvalue weighted by Gasteiger charge is -2.36. The third-order valence-electron chi connectivity index (χ3n) is 4.38. The van der Waals surface area contributed by atoms with Crippen LogP contribution in [-0.2, 0) is 5.54 Å². The molecule has 1 atom stereocenters. The molecule has 0 amide bonds. The molecule has 3 heterocycles. The standard InChI is InChI=1S/C18H17N3O/c1-18(21-11-10-19-13-21,16-8-4-5-9-20-16)17-15-7-3-2-6-14(15)12-22-17/h2-9,12-13H,10-11H2,1H3. The second kappa shape index (κ2) is 4.98. The number of nitrogens with zero attached hydrogens (tertiary/aromatic N) is 3. The van der Waals surface area contributed by atoms with Gasteiger partial charge in [-0.05, 0) is 19.1 Å². The molecular weight excluding hydrogens is 274 g/mol. The van der Waals surface area contributed by atoms with Crippen molar-refractivity contribution in [3.05, 3.63) is 66.4 Å². The minimum Gasteiger partial charge on any atom is -0.465 e. The molecule has 0 fully saturated rings. The fraction of sp³-hybridized carbons (Fsp3) is 0.222. The van der Waals surface area contributed by atoms with Crippen molar-refractivity contribution in [1.29, 1.82) is 0 Å². The van der Waals surface area contributed by atoms with Gasteiger partial charge in [0.25, 0.3) is 0 Å². The lowest BCUT2D eigenvalue weighted by atomic mass is 9.89. The van der Waals surface area contributed by atoms with Crippen LogP contribution in [0.5, 0.6) is 0 Å². The zero-order chi connectivity index (χ0) is 15.0. The van der Waals surface area contributed by atoms with E-state index in [0.29, 0.717) is 0 Å². The van der Waals surface area contributed by atoms with E-state index in [1.165, 1.54) is 0 Å². The molecule has 1 aliphatic heterocycles. The molecule has 0 radical (unpaired) electrons. The van der Waals surface area contributed by atoms with Crippen molar-refractivity contribution >= 4 is 17.1 Å². The second-order valence-corrected chi connectivity index (χ2v) is 5.65. The minimum atomic E-state index is -0.468. The third-order valence-corrected chi connectivity index (χ3v) is 4.38. The summed E-state index contributed by atoms with van der Waals surface area (Å²) in [6.45, 7) is 3.82. The SMILES string of the molecule is CC(c1ccccn1)(c1occ2ccccc12)N1C=NCC1. The molecule has 4 rings (SSSR count). The minimum absolute atomic E-state index is 0.468. The van der Waals surface area contributed by atoms with Gasteiger partial charge in [0.15, 0.2) is 0 Å². The van der Waals surface area contributed by atoms with Crippen molar-refractivity contribution < 1.29 is 4.42 Å². The van der Waals surface area contributed by atoms with Crippen LogP contribution < -0.4 is 0 Å². The molecule has 4 nitrogen and oxygen atoms in total. The number of rotatable bonds is 3. The van der Waals surface area contributed by atoms with Crippen molar-refractivity contribution in [3.8, 4) is 0 Å². The Labute approximate surface area is 129 Å². The Hall–Kier alpha value is -2.62. The van der Waals surface area contributed by atoms with Crippen molar-refractivity contribution in [1.82, 2.24) is 9.88 Å². The van der Waals surface area contributed by atoms with Gasteiger partial charge < -0.3 is 9.32 Å². The summed E-state index contributed by atoms with van der Waals surface area (Å²) < 4.78 is 6.00. The maximum absolute atomic E-state index is 6.00. The number of fused-ring (bicyclic) bond motifs is 1. The lowest BCUT2D eigenvalue weighted by molar-refractivity contribution is 0.222. The molecule has 3 aromatic rings. The van der Waals surface area contributed by atoms with E-state index in [0.717, 1.165) is 35.3 Å². The van der Waals surface area contributed by atoms with Crippen LogP contribution in [0.4, 0.5) is 0 Å². The summed E-state index contributed by atoms with van der Waals surface area (Å²) in [5, 5.41) is 2.23. The Bertz CT molecular complexity index is 824. The fourth-order valence-electron chi connectivity index (χ4n) is 3.13. The maximum Gasteiger partial charge on any atom is 0.143 e. The molecule has 1 aromatic carbocycles. The highest BCUT2D eigenvalue weighted by molar-refractivity contribution is 5.85. The van der Waals surface area contributed by atoms with E-state index in [4.69, 9.17) is 4.42 Å². The molecule has 2 aromatic heterocycles. The Morgan fingerprint density at radius 3 is 2.77 bits per heavy atom. The molecule has 0 bridgehead atoms. The van der Waals surface area contributed by atoms with Crippen molar-refractivity contribution in [2.75, 3.05) is 13.1 Å². The summed E-state index contributed by atoms with van der Waals surface area (Å²) in [4.78, 5) is 11.2. The number of pyridine rings is 1. The first kappa shape index (κ1) is 13.1. The number of hydrogen-bond acceptors (Lipinski definition) is 4. The van der Waals surface area contributed by atoms with Gasteiger partial charge in [-0.15, -0.1) is 0 Å². The molecule has 1 aliphatic rings. The smallest absolute Gasteiger partial charge is 0.143 e. The van der Waals surface area contributed by atoms with Crippen LogP contribution in [0.15, 0.2) is 64.3 Å². The maximum atomic E-state index is 6.00. The Morgan fingerprint density at radius 1 is 1.14 bits per heavy atom. The number of furan rings is 1. The zero-order valence-electron chi connectivity index (χ0n) is 12.4. The Kier molecular flexibility index (Phi) is 2.96. The summed E-state index contributed by atoms with van der Waals surface area (Å²) in [6, 6.07) is 14.2. The monoisotopic (exact) mass is 291 g/mol. The molecule has 0 aliphatic carbocycles. The van der Waals surface area contributed by atoms with Crippen LogP contribution in [0.2, 0.25) is 0 Å². The number of aromatic nitrogens is 1. The molecule has 4 heteroatoms. The highest BCUT2D eigenvalue weighted by Crippen LogP contribution is 2.39. The van der Waals surface area contributed by atoms with Gasteiger partial charge in [0.1, 0.15) is 11.3 Å². The van der Waals surface area contributed by atoms with Gasteiger partial charge in [0.2, 0.25) is 0 Å². The van der Waals surface area contributed by atoms with Crippen molar-refractivity contribution in [2.45, 2.75) is 12.5 Å². The first-order valence-corrected chi connectivity index (χ1v) is 7.45. The predicted octanol–water partition coefficient (Wildman–Crippen LogP) is 3.44. The quantitative estimate of drug-likeness (QED) is 0.742. The van der Waals surface area contributed by atoms with Crippen LogP contribution in [-0.4, -0.2) is 29.3 Å². The van der Waals surface area contributed by atoms with Crippen LogP contribution in [0.1, 0.15) is 18.4 Å². The molecule has 22 heavy (non-hydrogen) atoms. The van der Waals surface area contributed by atoms with Gasteiger partial charge in [-0.2, -0.15) is 0 Å². The van der Waals surface area contributed by atoms with Crippen molar-refractivity contribution in [2.24, 2.45) is 4.99 Å². The largest absolute Gasteiger partial charge is 0.465 e. The highest BCUT2D eigenvalue weighted by Gasteiger charge is 2.40. The van der Waals surface area contributed by atoms with Crippen molar-refractivity contribution in [3.63, 3.8) is 0 Å². The molecule has 1 unspecified atom stereocenters. The second-order valence-electron chi connectivity index (χ2n) is 5.65. The van der Waals surface area contributed by atoms with Gasteiger partial charge in [-0.3, -0.25) is 9.98 Å². The van der Waals surface area contributed by atoms with Gasteiger partial charge in [-0.1, -0.05) is 30.3 Å². The van der Waals surface area contributed by atoms with Crippen LogP contribution in [0.25, 0.3) is 10.8 Å². The Balaban J connectivity index is 1.96. The van der Waals surface area contributed by atoms with Crippen LogP contribution >= 0.6 is 0 Å². The summed E-state index contributed by atoms with van der Waals surface area (Å²) in [6.07, 6.45) is 5.55. The zero-order valence-corrected chi connectivity index (χ0v) is 12.4. The highest BCUT2D eigenvalue weighted by atomic mass is 16.3. The number of hydrogen-bond donors (Lipinski definition) is 0. The number of benzene rings is 1. The van der Waals surface area contributed by atoms with E-state index in [1.807, 2.05) is 49.1 Å². The fourth-order valence-corrected chi connectivity index (χ4v) is 3.13. The van der Waals surface area contributed by atoms with Gasteiger partial charge in [0, 0.05) is 23.5 Å². The van der Waals surface area contributed by atoms with Crippen LogP contribution in [0, 0.1) is 0 Å². The normalized spacial score (nSPS) is 17.0. The van der Waals surface area contributed by atoms with E-state index < -0.39 is 5.54 Å². The summed E-state index contributed by atoms with van der Waals surface area (Å²) in [5.74, 6) is 0.912. The average molecular weight is 291 g/mol. The molecule has 0 saturated heterocycles. The van der Waals surface area contributed by atoms with Gasteiger partial charge in [0.05, 0.1) is 24.8 Å². The molecule has 0 N–H and O–H groups in total. The lowest BCUT2D eigenvalue weighted by Crippen LogP contribution is -2.43. The summed E-state index contributed by atoms with van der Waals surface area (Å²) >= 11 is 0. The van der Waals surface area contributed by atoms with E-state index in [2.05, 4.69) is 33.9 Å². The van der Waals surface area contributed by atoms with Crippen LogP contribution in [0.3, 0.4) is 0 Å². The molecule has 110 valence electrons.